The van der Waals surface area contributed by atoms with E-state index in [9.17, 15) is 19.5 Å². The second kappa shape index (κ2) is 9.61. The zero-order chi connectivity index (χ0) is 25.2. The van der Waals surface area contributed by atoms with Crippen LogP contribution in [0.5, 0.6) is 0 Å². The number of aromatic nitrogens is 2. The molecule has 1 unspecified atom stereocenters. The predicted octanol–water partition coefficient (Wildman–Crippen LogP) is 4.01. The van der Waals surface area contributed by atoms with Gasteiger partial charge in [0.25, 0.3) is 5.91 Å². The first-order chi connectivity index (χ1) is 16.7. The fourth-order valence-corrected chi connectivity index (χ4v) is 4.15. The van der Waals surface area contributed by atoms with Gasteiger partial charge >= 0.3 is 12.1 Å². The normalized spacial score (nSPS) is 13.9. The number of rotatable bonds is 8. The van der Waals surface area contributed by atoms with Crippen molar-refractivity contribution in [3.63, 3.8) is 0 Å². The number of nitrogens with zero attached hydrogens (tertiary/aromatic N) is 2. The molecular formula is C26H28N4O5. The minimum absolute atomic E-state index is 0.0383. The Hall–Kier alpha value is -4.14. The van der Waals surface area contributed by atoms with Gasteiger partial charge in [-0.25, -0.2) is 4.79 Å². The molecule has 1 aliphatic carbocycles. The van der Waals surface area contributed by atoms with Gasteiger partial charge in [-0.1, -0.05) is 55.5 Å². The molecule has 35 heavy (non-hydrogen) atoms. The third kappa shape index (κ3) is 4.75. The van der Waals surface area contributed by atoms with Crippen molar-refractivity contribution in [1.82, 2.24) is 15.1 Å². The maximum absolute atomic E-state index is 12.6. The molecule has 0 radical (unpaired) electrons. The number of carboxylic acids is 1. The number of carbonyl (C=O) groups excluding carboxylic acids is 2. The van der Waals surface area contributed by atoms with E-state index in [0.29, 0.717) is 6.42 Å². The van der Waals surface area contributed by atoms with E-state index in [0.717, 1.165) is 22.3 Å². The zero-order valence-corrected chi connectivity index (χ0v) is 19.9. The van der Waals surface area contributed by atoms with Crippen LogP contribution in [0.25, 0.3) is 11.1 Å². The molecule has 2 amide bonds. The number of ether oxygens (including phenoxy) is 1. The maximum Gasteiger partial charge on any atom is 0.412 e. The summed E-state index contributed by atoms with van der Waals surface area (Å²) in [4.78, 5) is 36.5. The smallest absolute Gasteiger partial charge is 0.412 e. The van der Waals surface area contributed by atoms with Crippen LogP contribution in [0.4, 0.5) is 10.6 Å². The predicted molar refractivity (Wildman–Crippen MR) is 130 cm³/mol. The van der Waals surface area contributed by atoms with Gasteiger partial charge in [-0.2, -0.15) is 5.10 Å². The summed E-state index contributed by atoms with van der Waals surface area (Å²) in [7, 11) is 1.59. The van der Waals surface area contributed by atoms with Crippen LogP contribution in [0.1, 0.15) is 47.8 Å². The number of aryl methyl sites for hydroxylation is 1. The Bertz CT molecular complexity index is 1240. The summed E-state index contributed by atoms with van der Waals surface area (Å²) >= 11 is 0. The average Bonchev–Trinajstić information content (AvgIpc) is 3.38. The molecule has 1 aromatic heterocycles. The Morgan fingerprint density at radius 2 is 1.69 bits per heavy atom. The van der Waals surface area contributed by atoms with Crippen LogP contribution in [0.2, 0.25) is 0 Å². The average molecular weight is 477 g/mol. The molecule has 9 nitrogen and oxygen atoms in total. The second-order valence-electron chi connectivity index (χ2n) is 8.89. The molecule has 182 valence electrons. The Balaban J connectivity index is 1.38. The van der Waals surface area contributed by atoms with E-state index in [2.05, 4.69) is 27.9 Å². The molecule has 0 spiro atoms. The van der Waals surface area contributed by atoms with E-state index in [4.69, 9.17) is 4.74 Å². The number of benzene rings is 2. The topological polar surface area (TPSA) is 123 Å². The summed E-state index contributed by atoms with van der Waals surface area (Å²) in [5, 5.41) is 18.7. The summed E-state index contributed by atoms with van der Waals surface area (Å²) < 4.78 is 6.90. The van der Waals surface area contributed by atoms with E-state index >= 15 is 0 Å². The lowest BCUT2D eigenvalue weighted by Gasteiger charge is -2.22. The van der Waals surface area contributed by atoms with Crippen LogP contribution in [0.3, 0.4) is 0 Å². The molecule has 2 aromatic carbocycles. The molecule has 9 heteroatoms. The Kier molecular flexibility index (Phi) is 6.59. The molecular weight excluding hydrogens is 448 g/mol. The third-order valence-electron chi connectivity index (χ3n) is 6.62. The number of carbonyl (C=O) groups is 3. The molecule has 0 fully saturated rings. The van der Waals surface area contributed by atoms with Gasteiger partial charge in [-0.05, 0) is 35.6 Å². The van der Waals surface area contributed by atoms with Crippen molar-refractivity contribution in [2.75, 3.05) is 18.5 Å². The molecule has 0 aliphatic heterocycles. The summed E-state index contributed by atoms with van der Waals surface area (Å²) in [6, 6.07) is 17.6. The Labute approximate surface area is 203 Å². The first-order valence-electron chi connectivity index (χ1n) is 11.4. The zero-order valence-electron chi connectivity index (χ0n) is 19.9. The van der Waals surface area contributed by atoms with Gasteiger partial charge in [0.05, 0.1) is 5.41 Å². The standard InChI is InChI=1S/C26H28N4O5/c1-4-26(2,24(32)33)15-27-23(31)21-13-22(30(3)29-21)28-25(34)35-14-20-18-11-7-5-9-16(18)17-10-6-8-12-19(17)20/h5-13,20H,4,14-15H2,1-3H3,(H,27,31)(H,28,34)(H,32,33). The minimum Gasteiger partial charge on any atom is -0.481 e. The first-order valence-corrected chi connectivity index (χ1v) is 11.4. The maximum atomic E-state index is 12.6. The van der Waals surface area contributed by atoms with E-state index in [1.807, 2.05) is 36.4 Å². The van der Waals surface area contributed by atoms with Gasteiger partial charge in [0.2, 0.25) is 0 Å². The minimum atomic E-state index is -1.08. The highest BCUT2D eigenvalue weighted by Crippen LogP contribution is 2.44. The van der Waals surface area contributed by atoms with Crippen molar-refractivity contribution < 1.29 is 24.2 Å². The second-order valence-corrected chi connectivity index (χ2v) is 8.89. The van der Waals surface area contributed by atoms with E-state index < -0.39 is 23.4 Å². The molecule has 3 aromatic rings. The lowest BCUT2D eigenvalue weighted by atomic mass is 9.88. The number of hydrogen-bond donors (Lipinski definition) is 3. The quantitative estimate of drug-likeness (QED) is 0.451. The van der Waals surface area contributed by atoms with Gasteiger partial charge in [0.1, 0.15) is 12.4 Å². The van der Waals surface area contributed by atoms with Crippen LogP contribution >= 0.6 is 0 Å². The van der Waals surface area contributed by atoms with Gasteiger partial charge in [-0.15, -0.1) is 0 Å². The van der Waals surface area contributed by atoms with Crippen molar-refractivity contribution in [3.05, 3.63) is 71.4 Å². The van der Waals surface area contributed by atoms with Gasteiger partial charge in [0.15, 0.2) is 5.69 Å². The summed E-state index contributed by atoms with van der Waals surface area (Å²) in [6.45, 7) is 3.44. The van der Waals surface area contributed by atoms with Crippen LogP contribution in [0, 0.1) is 5.41 Å². The molecule has 3 N–H and O–H groups in total. The first kappa shape index (κ1) is 24.0. The molecule has 1 aliphatic rings. The molecule has 1 atom stereocenters. The molecule has 0 saturated carbocycles. The van der Waals surface area contributed by atoms with Crippen molar-refractivity contribution in [2.45, 2.75) is 26.2 Å². The lowest BCUT2D eigenvalue weighted by Crippen LogP contribution is -2.40. The van der Waals surface area contributed by atoms with Crippen molar-refractivity contribution in [1.29, 1.82) is 0 Å². The molecule has 0 saturated heterocycles. The third-order valence-corrected chi connectivity index (χ3v) is 6.62. The fourth-order valence-electron chi connectivity index (χ4n) is 4.15. The number of carboxylic acid groups (broad SMARTS) is 1. The highest BCUT2D eigenvalue weighted by atomic mass is 16.5. The molecule has 0 bridgehead atoms. The van der Waals surface area contributed by atoms with Crippen LogP contribution in [0.15, 0.2) is 54.6 Å². The summed E-state index contributed by atoms with van der Waals surface area (Å²) in [6.07, 6.45) is -0.300. The van der Waals surface area contributed by atoms with Gasteiger partial charge in [0, 0.05) is 25.6 Å². The number of hydrogen-bond acceptors (Lipinski definition) is 5. The fraction of sp³-hybridized carbons (Fsp3) is 0.308. The van der Waals surface area contributed by atoms with Crippen molar-refractivity contribution >= 4 is 23.8 Å². The highest BCUT2D eigenvalue weighted by Gasteiger charge is 2.32. The number of nitrogens with one attached hydrogen (secondary N) is 2. The van der Waals surface area contributed by atoms with Crippen LogP contribution in [-0.2, 0) is 16.6 Å². The number of fused-ring (bicyclic) bond motifs is 3. The van der Waals surface area contributed by atoms with E-state index in [1.54, 1.807) is 20.9 Å². The molecule has 4 rings (SSSR count). The Morgan fingerprint density at radius 1 is 1.09 bits per heavy atom. The Morgan fingerprint density at radius 3 is 2.26 bits per heavy atom. The van der Waals surface area contributed by atoms with E-state index in [-0.39, 0.29) is 30.6 Å². The number of amides is 2. The summed E-state index contributed by atoms with van der Waals surface area (Å²) in [5.41, 5.74) is 3.49. The van der Waals surface area contributed by atoms with Crippen molar-refractivity contribution in [2.24, 2.45) is 12.5 Å². The largest absolute Gasteiger partial charge is 0.481 e. The van der Waals surface area contributed by atoms with Gasteiger partial charge < -0.3 is 15.2 Å². The lowest BCUT2D eigenvalue weighted by molar-refractivity contribution is -0.147. The van der Waals surface area contributed by atoms with Crippen LogP contribution in [-0.4, -0.2) is 46.0 Å². The SMILES string of the molecule is CCC(C)(CNC(=O)c1cc(NC(=O)OCC2c3ccccc3-c3ccccc32)n(C)n1)C(=O)O. The number of aliphatic carboxylic acids is 1. The van der Waals surface area contributed by atoms with Crippen LogP contribution < -0.4 is 10.6 Å². The summed E-state index contributed by atoms with van der Waals surface area (Å²) in [5.74, 6) is -1.30. The molecule has 1 heterocycles. The highest BCUT2D eigenvalue weighted by molar-refractivity contribution is 5.94. The van der Waals surface area contributed by atoms with Gasteiger partial charge in [-0.3, -0.25) is 19.6 Å². The van der Waals surface area contributed by atoms with Crippen molar-refractivity contribution in [3.8, 4) is 11.1 Å². The number of anilines is 1. The van der Waals surface area contributed by atoms with E-state index in [1.165, 1.54) is 10.7 Å². The monoisotopic (exact) mass is 476 g/mol.